The van der Waals surface area contributed by atoms with Crippen LogP contribution in [0.15, 0.2) is 53.4 Å². The van der Waals surface area contributed by atoms with Crippen molar-refractivity contribution >= 4 is 46.6 Å². The Morgan fingerprint density at radius 2 is 1.78 bits per heavy atom. The van der Waals surface area contributed by atoms with E-state index in [4.69, 9.17) is 34.8 Å². The van der Waals surface area contributed by atoms with Gasteiger partial charge in [0, 0.05) is 33.8 Å². The molecule has 0 fully saturated rings. The van der Waals surface area contributed by atoms with Crippen LogP contribution in [0.25, 0.3) is 11.3 Å². The van der Waals surface area contributed by atoms with Crippen molar-refractivity contribution in [3.63, 3.8) is 0 Å². The highest BCUT2D eigenvalue weighted by molar-refractivity contribution is 7.98. The van der Waals surface area contributed by atoms with E-state index >= 15 is 0 Å². The van der Waals surface area contributed by atoms with Crippen LogP contribution < -0.4 is 0 Å². The van der Waals surface area contributed by atoms with Crippen molar-refractivity contribution in [2.45, 2.75) is 10.6 Å². The number of thioether (sulfide) groups is 1. The van der Waals surface area contributed by atoms with E-state index in [0.717, 1.165) is 21.7 Å². The Balaban J connectivity index is 1.91. The number of hydrogen-bond acceptors (Lipinski definition) is 2. The summed E-state index contributed by atoms with van der Waals surface area (Å²) in [5, 5.41) is 6.46. The van der Waals surface area contributed by atoms with Gasteiger partial charge in [0.1, 0.15) is 5.15 Å². The number of nitrogens with zero attached hydrogens (tertiary/aromatic N) is 2. The Kier molecular flexibility index (Phi) is 5.22. The normalized spacial score (nSPS) is 11.0. The first-order chi connectivity index (χ1) is 11.1. The Hall–Kier alpha value is -1.13. The predicted molar refractivity (Wildman–Crippen MR) is 99.7 cm³/mol. The lowest BCUT2D eigenvalue weighted by Crippen LogP contribution is -1.89. The number of rotatable bonds is 4. The first-order valence-electron chi connectivity index (χ1n) is 6.91. The van der Waals surface area contributed by atoms with Crippen LogP contribution in [-0.4, -0.2) is 9.78 Å². The van der Waals surface area contributed by atoms with Crippen LogP contribution in [0.4, 0.5) is 0 Å². The Labute approximate surface area is 154 Å². The van der Waals surface area contributed by atoms with Crippen molar-refractivity contribution in [3.8, 4) is 11.3 Å². The molecule has 0 unspecified atom stereocenters. The minimum absolute atomic E-state index is 0.628. The number of benzene rings is 2. The van der Waals surface area contributed by atoms with Gasteiger partial charge in [0.2, 0.25) is 0 Å². The molecule has 6 heteroatoms. The molecule has 0 bridgehead atoms. The van der Waals surface area contributed by atoms with Gasteiger partial charge in [-0.3, -0.25) is 4.68 Å². The van der Waals surface area contributed by atoms with E-state index < -0.39 is 0 Å². The molecule has 0 saturated heterocycles. The standard InChI is InChI=1S/C17H13Cl3N2S/c1-22-17(20)13(16(21-22)11-5-3-2-4-6-11)10-23-15-8-7-12(18)9-14(15)19/h2-9H,10H2,1H3. The molecule has 2 aromatic carbocycles. The van der Waals surface area contributed by atoms with E-state index in [2.05, 4.69) is 5.10 Å². The van der Waals surface area contributed by atoms with Crippen LogP contribution in [0, 0.1) is 0 Å². The summed E-state index contributed by atoms with van der Waals surface area (Å²) in [7, 11) is 1.85. The highest BCUT2D eigenvalue weighted by Crippen LogP contribution is 2.36. The highest BCUT2D eigenvalue weighted by Gasteiger charge is 2.16. The number of aromatic nitrogens is 2. The molecule has 0 aliphatic carbocycles. The van der Waals surface area contributed by atoms with E-state index in [1.54, 1.807) is 22.5 Å². The largest absolute Gasteiger partial charge is 0.256 e. The topological polar surface area (TPSA) is 17.8 Å². The average Bonchev–Trinajstić information content (AvgIpc) is 2.83. The lowest BCUT2D eigenvalue weighted by molar-refractivity contribution is 0.771. The quantitative estimate of drug-likeness (QED) is 0.489. The molecular weight excluding hydrogens is 371 g/mol. The molecule has 0 radical (unpaired) electrons. The summed E-state index contributed by atoms with van der Waals surface area (Å²) in [5.74, 6) is 0.679. The molecular formula is C17H13Cl3N2S. The predicted octanol–water partition coefficient (Wildman–Crippen LogP) is 6.34. The Bertz CT molecular complexity index is 831. The Morgan fingerprint density at radius 1 is 1.04 bits per heavy atom. The molecule has 0 atom stereocenters. The summed E-state index contributed by atoms with van der Waals surface area (Å²) >= 11 is 20.2. The van der Waals surface area contributed by atoms with E-state index in [-0.39, 0.29) is 0 Å². The summed E-state index contributed by atoms with van der Waals surface area (Å²) in [4.78, 5) is 0.968. The molecule has 0 aliphatic rings. The summed E-state index contributed by atoms with van der Waals surface area (Å²) in [6.07, 6.45) is 0. The van der Waals surface area contributed by atoms with Crippen molar-refractivity contribution in [3.05, 3.63) is 69.3 Å². The van der Waals surface area contributed by atoms with Gasteiger partial charge >= 0.3 is 0 Å². The molecule has 0 amide bonds. The zero-order chi connectivity index (χ0) is 16.4. The van der Waals surface area contributed by atoms with Crippen molar-refractivity contribution in [1.29, 1.82) is 0 Å². The second-order valence-corrected chi connectivity index (χ2v) is 7.19. The van der Waals surface area contributed by atoms with Gasteiger partial charge in [-0.2, -0.15) is 5.10 Å². The fourth-order valence-corrected chi connectivity index (χ4v) is 4.03. The zero-order valence-corrected chi connectivity index (χ0v) is 15.3. The van der Waals surface area contributed by atoms with Crippen LogP contribution in [0.1, 0.15) is 5.56 Å². The van der Waals surface area contributed by atoms with Crippen molar-refractivity contribution in [2.24, 2.45) is 7.05 Å². The molecule has 23 heavy (non-hydrogen) atoms. The number of aryl methyl sites for hydroxylation is 1. The molecule has 0 aliphatic heterocycles. The fraction of sp³-hybridized carbons (Fsp3) is 0.118. The highest BCUT2D eigenvalue weighted by atomic mass is 35.5. The van der Waals surface area contributed by atoms with Crippen molar-refractivity contribution in [2.75, 3.05) is 0 Å². The third kappa shape index (κ3) is 3.69. The Morgan fingerprint density at radius 3 is 2.48 bits per heavy atom. The number of hydrogen-bond donors (Lipinski definition) is 0. The van der Waals surface area contributed by atoms with Crippen LogP contribution in [0.3, 0.4) is 0 Å². The minimum atomic E-state index is 0.628. The van der Waals surface area contributed by atoms with Crippen LogP contribution >= 0.6 is 46.6 Å². The maximum absolute atomic E-state index is 6.43. The lowest BCUT2D eigenvalue weighted by atomic mass is 10.1. The van der Waals surface area contributed by atoms with Crippen LogP contribution in [-0.2, 0) is 12.8 Å². The average molecular weight is 384 g/mol. The van der Waals surface area contributed by atoms with Gasteiger partial charge in [-0.25, -0.2) is 0 Å². The maximum atomic E-state index is 6.43. The van der Waals surface area contributed by atoms with E-state index in [1.165, 1.54) is 0 Å². The zero-order valence-electron chi connectivity index (χ0n) is 12.3. The maximum Gasteiger partial charge on any atom is 0.131 e. The molecule has 0 spiro atoms. The summed E-state index contributed by atoms with van der Waals surface area (Å²) in [5.41, 5.74) is 2.94. The van der Waals surface area contributed by atoms with E-state index in [9.17, 15) is 0 Å². The molecule has 3 rings (SSSR count). The smallest absolute Gasteiger partial charge is 0.131 e. The third-order valence-electron chi connectivity index (χ3n) is 3.38. The molecule has 2 nitrogen and oxygen atoms in total. The van der Waals surface area contributed by atoms with Gasteiger partial charge in [0.05, 0.1) is 10.7 Å². The molecule has 3 aromatic rings. The lowest BCUT2D eigenvalue weighted by Gasteiger charge is -2.06. The molecule has 1 heterocycles. The first kappa shape index (κ1) is 16.7. The van der Waals surface area contributed by atoms with Gasteiger partial charge in [0.25, 0.3) is 0 Å². The molecule has 118 valence electrons. The van der Waals surface area contributed by atoms with E-state index in [1.807, 2.05) is 49.5 Å². The van der Waals surface area contributed by atoms with Crippen molar-refractivity contribution in [1.82, 2.24) is 9.78 Å². The molecule has 1 aromatic heterocycles. The van der Waals surface area contributed by atoms with Crippen molar-refractivity contribution < 1.29 is 0 Å². The van der Waals surface area contributed by atoms with Gasteiger partial charge in [-0.15, -0.1) is 11.8 Å². The third-order valence-corrected chi connectivity index (χ3v) is 5.61. The first-order valence-corrected chi connectivity index (χ1v) is 9.03. The second-order valence-electron chi connectivity index (χ2n) is 4.97. The van der Waals surface area contributed by atoms with Crippen LogP contribution in [0.5, 0.6) is 0 Å². The van der Waals surface area contributed by atoms with E-state index in [0.29, 0.717) is 21.0 Å². The minimum Gasteiger partial charge on any atom is -0.256 e. The molecule has 0 N–H and O–H groups in total. The van der Waals surface area contributed by atoms with Crippen LogP contribution in [0.2, 0.25) is 15.2 Å². The van der Waals surface area contributed by atoms with Gasteiger partial charge in [0.15, 0.2) is 0 Å². The van der Waals surface area contributed by atoms with Gasteiger partial charge in [-0.05, 0) is 18.2 Å². The molecule has 0 saturated carbocycles. The summed E-state index contributed by atoms with van der Waals surface area (Å²) in [6.45, 7) is 0. The SMILES string of the molecule is Cn1nc(-c2ccccc2)c(CSc2ccc(Cl)cc2Cl)c1Cl. The summed E-state index contributed by atoms with van der Waals surface area (Å²) in [6, 6.07) is 15.5. The number of halogens is 3. The van der Waals surface area contributed by atoms with Gasteiger partial charge < -0.3 is 0 Å². The fourth-order valence-electron chi connectivity index (χ4n) is 2.25. The monoisotopic (exact) mass is 382 g/mol. The second kappa shape index (κ2) is 7.18. The summed E-state index contributed by atoms with van der Waals surface area (Å²) < 4.78 is 1.70. The van der Waals surface area contributed by atoms with Gasteiger partial charge in [-0.1, -0.05) is 65.1 Å².